The van der Waals surface area contributed by atoms with Gasteiger partial charge in [-0.05, 0) is 48.9 Å². The molecule has 30 heavy (non-hydrogen) atoms. The fraction of sp³-hybridized carbons (Fsp3) is 0.308. The molecular formula is C26H30O4. The summed E-state index contributed by atoms with van der Waals surface area (Å²) in [5, 5.41) is 17.9. The van der Waals surface area contributed by atoms with Gasteiger partial charge < -0.3 is 19.7 Å². The highest BCUT2D eigenvalue weighted by Gasteiger charge is 2.09. The van der Waals surface area contributed by atoms with Crippen molar-refractivity contribution in [3.63, 3.8) is 0 Å². The van der Waals surface area contributed by atoms with Gasteiger partial charge in [-0.25, -0.2) is 0 Å². The maximum Gasteiger partial charge on any atom is 0.127 e. The Kier molecular flexibility index (Phi) is 8.76. The van der Waals surface area contributed by atoms with Crippen LogP contribution in [0.5, 0.6) is 11.5 Å². The zero-order chi connectivity index (χ0) is 21.0. The number of hydrogen-bond acceptors (Lipinski definition) is 4. The van der Waals surface area contributed by atoms with Gasteiger partial charge in [-0.1, -0.05) is 60.7 Å². The number of hydrogen-bond donors (Lipinski definition) is 2. The summed E-state index contributed by atoms with van der Waals surface area (Å²) >= 11 is 0. The molecule has 3 aromatic carbocycles. The topological polar surface area (TPSA) is 58.9 Å². The van der Waals surface area contributed by atoms with Crippen molar-refractivity contribution in [1.29, 1.82) is 0 Å². The van der Waals surface area contributed by atoms with E-state index in [1.165, 1.54) is 0 Å². The molecule has 4 heteroatoms. The maximum atomic E-state index is 8.93. The van der Waals surface area contributed by atoms with Crippen LogP contribution in [0.1, 0.15) is 25.7 Å². The predicted octanol–water partition coefficient (Wildman–Crippen LogP) is 5.32. The molecular weight excluding hydrogens is 376 g/mol. The van der Waals surface area contributed by atoms with Crippen LogP contribution in [0.2, 0.25) is 0 Å². The minimum absolute atomic E-state index is 0.194. The first-order chi connectivity index (χ1) is 14.8. The number of rotatable bonds is 12. The molecule has 0 spiro atoms. The Morgan fingerprint density at radius 3 is 1.30 bits per heavy atom. The van der Waals surface area contributed by atoms with E-state index in [-0.39, 0.29) is 13.2 Å². The largest absolute Gasteiger partial charge is 0.493 e. The standard InChI is InChI=1S/C26H30O4/c27-17-5-7-19-29-25-11-3-1-9-23(25)21-13-15-22(16-14-21)24-10-2-4-12-26(24)30-20-8-6-18-28/h1-4,9-16,27-28H,5-8,17-20H2. The lowest BCUT2D eigenvalue weighted by Crippen LogP contribution is -2.00. The predicted molar refractivity (Wildman–Crippen MR) is 121 cm³/mol. The lowest BCUT2D eigenvalue weighted by molar-refractivity contribution is 0.253. The van der Waals surface area contributed by atoms with Crippen molar-refractivity contribution in [2.75, 3.05) is 26.4 Å². The number of ether oxygens (including phenoxy) is 2. The van der Waals surface area contributed by atoms with Gasteiger partial charge in [0.2, 0.25) is 0 Å². The zero-order valence-electron chi connectivity index (χ0n) is 17.3. The van der Waals surface area contributed by atoms with E-state index in [4.69, 9.17) is 19.7 Å². The Balaban J connectivity index is 1.75. The van der Waals surface area contributed by atoms with Crippen LogP contribution < -0.4 is 9.47 Å². The number of aliphatic hydroxyl groups excluding tert-OH is 2. The van der Waals surface area contributed by atoms with Gasteiger partial charge in [-0.2, -0.15) is 0 Å². The lowest BCUT2D eigenvalue weighted by Gasteiger charge is -2.14. The van der Waals surface area contributed by atoms with Gasteiger partial charge in [-0.15, -0.1) is 0 Å². The van der Waals surface area contributed by atoms with E-state index in [9.17, 15) is 0 Å². The third-order valence-electron chi connectivity index (χ3n) is 4.90. The third kappa shape index (κ3) is 6.09. The number of benzene rings is 3. The summed E-state index contributed by atoms with van der Waals surface area (Å²) < 4.78 is 11.9. The van der Waals surface area contributed by atoms with Crippen LogP contribution in [0.15, 0.2) is 72.8 Å². The lowest BCUT2D eigenvalue weighted by atomic mass is 9.99. The Morgan fingerprint density at radius 1 is 0.500 bits per heavy atom. The second-order valence-electron chi connectivity index (χ2n) is 7.13. The van der Waals surface area contributed by atoms with E-state index >= 15 is 0 Å². The summed E-state index contributed by atoms with van der Waals surface area (Å²) in [4.78, 5) is 0. The minimum atomic E-state index is 0.194. The van der Waals surface area contributed by atoms with Crippen LogP contribution in [0.25, 0.3) is 22.3 Å². The van der Waals surface area contributed by atoms with Gasteiger partial charge in [0.15, 0.2) is 0 Å². The summed E-state index contributed by atoms with van der Waals surface area (Å²) in [7, 11) is 0. The van der Waals surface area contributed by atoms with Crippen LogP contribution in [0.4, 0.5) is 0 Å². The summed E-state index contributed by atoms with van der Waals surface area (Å²) in [6, 6.07) is 24.5. The molecule has 2 N–H and O–H groups in total. The first kappa shape index (κ1) is 21.9. The van der Waals surface area contributed by atoms with Crippen molar-refractivity contribution in [2.45, 2.75) is 25.7 Å². The normalized spacial score (nSPS) is 10.7. The molecule has 0 heterocycles. The van der Waals surface area contributed by atoms with Gasteiger partial charge in [0.25, 0.3) is 0 Å². The van der Waals surface area contributed by atoms with Crippen LogP contribution in [0, 0.1) is 0 Å². The smallest absolute Gasteiger partial charge is 0.127 e. The van der Waals surface area contributed by atoms with Gasteiger partial charge in [-0.3, -0.25) is 0 Å². The zero-order valence-corrected chi connectivity index (χ0v) is 17.3. The van der Waals surface area contributed by atoms with Crippen molar-refractivity contribution in [3.8, 4) is 33.8 Å². The van der Waals surface area contributed by atoms with Crippen molar-refractivity contribution < 1.29 is 19.7 Å². The van der Waals surface area contributed by atoms with Crippen molar-refractivity contribution in [1.82, 2.24) is 0 Å². The number of para-hydroxylation sites is 2. The Hall–Kier alpha value is -2.82. The molecule has 0 fully saturated rings. The summed E-state index contributed by atoms with van der Waals surface area (Å²) in [6.45, 7) is 1.57. The molecule has 0 aromatic heterocycles. The van der Waals surface area contributed by atoms with Gasteiger partial charge in [0, 0.05) is 24.3 Å². The summed E-state index contributed by atoms with van der Waals surface area (Å²) in [6.07, 6.45) is 3.16. The number of unbranched alkanes of at least 4 members (excludes halogenated alkanes) is 2. The average molecular weight is 407 g/mol. The molecule has 4 nitrogen and oxygen atoms in total. The molecule has 0 saturated carbocycles. The highest BCUT2D eigenvalue weighted by molar-refractivity contribution is 5.76. The van der Waals surface area contributed by atoms with Crippen molar-refractivity contribution in [2.24, 2.45) is 0 Å². The SMILES string of the molecule is OCCCCOc1ccccc1-c1ccc(-c2ccccc2OCCCCO)cc1. The quantitative estimate of drug-likeness (QED) is 0.400. The molecule has 0 saturated heterocycles. The van der Waals surface area contributed by atoms with Crippen molar-refractivity contribution in [3.05, 3.63) is 72.8 Å². The third-order valence-corrected chi connectivity index (χ3v) is 4.90. The number of aliphatic hydroxyl groups is 2. The Morgan fingerprint density at radius 2 is 0.900 bits per heavy atom. The van der Waals surface area contributed by atoms with Crippen LogP contribution in [-0.2, 0) is 0 Å². The minimum Gasteiger partial charge on any atom is -0.493 e. The molecule has 0 aliphatic heterocycles. The highest BCUT2D eigenvalue weighted by atomic mass is 16.5. The second-order valence-corrected chi connectivity index (χ2v) is 7.13. The maximum absolute atomic E-state index is 8.93. The molecule has 0 bridgehead atoms. The van der Waals surface area contributed by atoms with E-state index in [0.29, 0.717) is 13.2 Å². The molecule has 0 aliphatic rings. The molecule has 0 radical (unpaired) electrons. The fourth-order valence-electron chi connectivity index (χ4n) is 3.28. The van der Waals surface area contributed by atoms with Gasteiger partial charge in [0.05, 0.1) is 13.2 Å². The molecule has 3 rings (SSSR count). The van der Waals surface area contributed by atoms with Crippen LogP contribution in [-0.4, -0.2) is 36.6 Å². The van der Waals surface area contributed by atoms with E-state index in [1.54, 1.807) is 0 Å². The summed E-state index contributed by atoms with van der Waals surface area (Å²) in [5.74, 6) is 1.71. The first-order valence-corrected chi connectivity index (χ1v) is 10.6. The van der Waals surface area contributed by atoms with E-state index in [1.807, 2.05) is 36.4 Å². The molecule has 3 aromatic rings. The second kappa shape index (κ2) is 12.0. The molecule has 0 aliphatic carbocycles. The van der Waals surface area contributed by atoms with Gasteiger partial charge >= 0.3 is 0 Å². The Bertz CT molecular complexity index is 815. The molecule has 0 atom stereocenters. The van der Waals surface area contributed by atoms with Crippen LogP contribution in [0.3, 0.4) is 0 Å². The first-order valence-electron chi connectivity index (χ1n) is 10.6. The van der Waals surface area contributed by atoms with Gasteiger partial charge in [0.1, 0.15) is 11.5 Å². The van der Waals surface area contributed by atoms with Crippen LogP contribution >= 0.6 is 0 Å². The molecule has 0 unspecified atom stereocenters. The van der Waals surface area contributed by atoms with E-state index in [2.05, 4.69) is 36.4 Å². The average Bonchev–Trinajstić information content (AvgIpc) is 2.80. The molecule has 158 valence electrons. The molecule has 0 amide bonds. The van der Waals surface area contributed by atoms with Crippen molar-refractivity contribution >= 4 is 0 Å². The fourth-order valence-corrected chi connectivity index (χ4v) is 3.28. The Labute approximate surface area is 178 Å². The highest BCUT2D eigenvalue weighted by Crippen LogP contribution is 2.34. The van der Waals surface area contributed by atoms with E-state index < -0.39 is 0 Å². The summed E-state index contributed by atoms with van der Waals surface area (Å²) in [5.41, 5.74) is 4.30. The monoisotopic (exact) mass is 406 g/mol. The van der Waals surface area contributed by atoms with E-state index in [0.717, 1.165) is 59.4 Å².